The summed E-state index contributed by atoms with van der Waals surface area (Å²) in [6.07, 6.45) is -29.0. The number of rotatable bonds is 16. The van der Waals surface area contributed by atoms with Gasteiger partial charge in [-0.25, -0.2) is 0 Å². The third-order valence-electron chi connectivity index (χ3n) is 6.03. The molecule has 0 aliphatic heterocycles. The van der Waals surface area contributed by atoms with Gasteiger partial charge in [-0.05, 0) is 7.05 Å². The Morgan fingerprint density at radius 1 is 0.354 bits per heavy atom. The monoisotopic (exact) mass is 783 g/mol. The molecule has 0 radical (unpaired) electrons. The Labute approximate surface area is 247 Å². The predicted molar refractivity (Wildman–Crippen MR) is 100 cm³/mol. The summed E-state index contributed by atoms with van der Waals surface area (Å²) in [7, 11) is 0.207. The van der Waals surface area contributed by atoms with Gasteiger partial charge in [0.1, 0.15) is 0 Å². The summed E-state index contributed by atoms with van der Waals surface area (Å²) >= 11 is 0. The highest BCUT2D eigenvalue weighted by Crippen LogP contribution is 2.62. The van der Waals surface area contributed by atoms with Crippen molar-refractivity contribution in [2.75, 3.05) is 20.1 Å². The lowest BCUT2D eigenvalue weighted by atomic mass is 9.91. The van der Waals surface area contributed by atoms with Crippen LogP contribution in [-0.2, 0) is 0 Å². The van der Waals surface area contributed by atoms with Gasteiger partial charge in [-0.15, -0.1) is 0 Å². The Morgan fingerprint density at radius 2 is 0.542 bits per heavy atom. The first kappa shape index (κ1) is 46.1. The van der Waals surface area contributed by atoms with Gasteiger partial charge in [-0.3, -0.25) is 0 Å². The second-order valence-corrected chi connectivity index (χ2v) is 9.94. The molecule has 0 aromatic rings. The molecule has 0 aliphatic rings. The average Bonchev–Trinajstić information content (AvgIpc) is 2.80. The van der Waals surface area contributed by atoms with Crippen LogP contribution in [0.5, 0.6) is 0 Å². The highest BCUT2D eigenvalue weighted by Gasteiger charge is 2.92. The van der Waals surface area contributed by atoms with Gasteiger partial charge >= 0.3 is 71.6 Å². The molecule has 0 amide bonds. The van der Waals surface area contributed by atoms with Crippen molar-refractivity contribution in [2.24, 2.45) is 0 Å². The lowest BCUT2D eigenvalue weighted by Crippen LogP contribution is -2.70. The van der Waals surface area contributed by atoms with Gasteiger partial charge in [-0.2, -0.15) is 114 Å². The first-order valence-corrected chi connectivity index (χ1v) is 11.3. The van der Waals surface area contributed by atoms with Crippen molar-refractivity contribution in [3.63, 3.8) is 0 Å². The van der Waals surface area contributed by atoms with Crippen LogP contribution in [0.1, 0.15) is 12.8 Å². The zero-order chi connectivity index (χ0) is 39.6. The lowest BCUT2D eigenvalue weighted by Gasteiger charge is -2.40. The van der Waals surface area contributed by atoms with E-state index in [4.69, 9.17) is 0 Å². The Morgan fingerprint density at radius 3 is 0.729 bits per heavy atom. The standard InChI is InChI=1S/C19H15F26NO2/c1-46(4-6(47)2-8(20,21)10(24,25)12(28,29)14(32,33)16(36,37)18(40,41)42)5-7(48)3-9(22,23)11(26,27)13(30,31)15(34,35)17(38,39)19(43,44)45/h6-7,47-48H,2-5H2,1H3. The molecule has 0 fully saturated rings. The van der Waals surface area contributed by atoms with E-state index in [1.807, 2.05) is 0 Å². The Balaban J connectivity index is 5.95. The molecule has 3 nitrogen and oxygen atoms in total. The molecule has 29 heteroatoms. The van der Waals surface area contributed by atoms with Crippen LogP contribution in [0.2, 0.25) is 0 Å². The maximum Gasteiger partial charge on any atom is 0.460 e. The van der Waals surface area contributed by atoms with Crippen LogP contribution in [0, 0.1) is 0 Å². The van der Waals surface area contributed by atoms with E-state index in [-0.39, 0.29) is 11.9 Å². The van der Waals surface area contributed by atoms with Crippen LogP contribution in [-0.4, -0.2) is 119 Å². The van der Waals surface area contributed by atoms with Crippen LogP contribution in [0.25, 0.3) is 0 Å². The van der Waals surface area contributed by atoms with Gasteiger partial charge < -0.3 is 15.1 Å². The summed E-state index contributed by atoms with van der Waals surface area (Å²) < 4.78 is 341. The van der Waals surface area contributed by atoms with Gasteiger partial charge in [-0.1, -0.05) is 0 Å². The summed E-state index contributed by atoms with van der Waals surface area (Å²) in [4.78, 5) is -0.215. The third-order valence-corrected chi connectivity index (χ3v) is 6.03. The number of aliphatic hydroxyl groups is 2. The van der Waals surface area contributed by atoms with Crippen LogP contribution in [0.3, 0.4) is 0 Å². The fraction of sp³-hybridized carbons (Fsp3) is 1.00. The molecule has 0 rings (SSSR count). The van der Waals surface area contributed by atoms with Gasteiger partial charge in [0.15, 0.2) is 0 Å². The van der Waals surface area contributed by atoms with E-state index >= 15 is 0 Å². The fourth-order valence-electron chi connectivity index (χ4n) is 3.38. The average molecular weight is 783 g/mol. The smallest absolute Gasteiger partial charge is 0.392 e. The van der Waals surface area contributed by atoms with Crippen LogP contribution >= 0.6 is 0 Å². The number of nitrogens with zero attached hydrogens (tertiary/aromatic N) is 1. The molecule has 0 saturated heterocycles. The van der Waals surface area contributed by atoms with Crippen LogP contribution in [0.15, 0.2) is 0 Å². The SMILES string of the molecule is CN(CC(O)CC(F)(F)C(F)(F)C(F)(F)C(F)(F)C(F)(F)C(F)(F)F)CC(O)CC(F)(F)C(F)(F)C(F)(F)C(F)(F)C(F)(F)C(F)(F)F. The van der Waals surface area contributed by atoms with Gasteiger partial charge in [0.25, 0.3) is 0 Å². The molecule has 0 aliphatic carbocycles. The molecule has 2 N–H and O–H groups in total. The van der Waals surface area contributed by atoms with Crippen LogP contribution in [0.4, 0.5) is 114 Å². The van der Waals surface area contributed by atoms with Crippen molar-refractivity contribution in [3.05, 3.63) is 0 Å². The van der Waals surface area contributed by atoms with E-state index in [0.717, 1.165) is 0 Å². The fourth-order valence-corrected chi connectivity index (χ4v) is 3.38. The summed E-state index contributed by atoms with van der Waals surface area (Å²) in [5.41, 5.74) is 0. The highest BCUT2D eigenvalue weighted by molar-refractivity contribution is 5.12. The van der Waals surface area contributed by atoms with E-state index in [1.54, 1.807) is 0 Å². The van der Waals surface area contributed by atoms with Crippen molar-refractivity contribution in [3.8, 4) is 0 Å². The molecule has 0 saturated carbocycles. The number of hydrogen-bond acceptors (Lipinski definition) is 3. The zero-order valence-electron chi connectivity index (χ0n) is 22.2. The molecule has 0 bridgehead atoms. The number of likely N-dealkylation sites (N-methyl/N-ethyl adjacent to an activating group) is 1. The summed E-state index contributed by atoms with van der Waals surface area (Å²) in [5, 5.41) is 18.8. The minimum absolute atomic E-state index is 0.207. The second-order valence-electron chi connectivity index (χ2n) is 9.94. The molecule has 0 heterocycles. The molecule has 0 aromatic heterocycles. The maximum atomic E-state index is 13.8. The van der Waals surface area contributed by atoms with Crippen LogP contribution < -0.4 is 0 Å². The molecule has 48 heavy (non-hydrogen) atoms. The normalized spacial score (nSPS) is 17.6. The van der Waals surface area contributed by atoms with E-state index in [2.05, 4.69) is 0 Å². The molecule has 0 spiro atoms. The minimum atomic E-state index is -8.33. The number of aliphatic hydroxyl groups excluding tert-OH is 2. The molecular weight excluding hydrogens is 768 g/mol. The van der Waals surface area contributed by atoms with Crippen molar-refractivity contribution < 1.29 is 124 Å². The zero-order valence-corrected chi connectivity index (χ0v) is 22.2. The summed E-state index contributed by atoms with van der Waals surface area (Å²) in [5.74, 6) is -79.0. The van der Waals surface area contributed by atoms with Gasteiger partial charge in [0, 0.05) is 25.9 Å². The van der Waals surface area contributed by atoms with Crippen molar-refractivity contribution >= 4 is 0 Å². The van der Waals surface area contributed by atoms with Crippen molar-refractivity contribution in [2.45, 2.75) is 96.6 Å². The molecule has 2 unspecified atom stereocenters. The molecule has 290 valence electrons. The number of hydrogen-bond donors (Lipinski definition) is 2. The van der Waals surface area contributed by atoms with E-state index in [0.29, 0.717) is 0 Å². The predicted octanol–water partition coefficient (Wildman–Crippen LogP) is 7.90. The summed E-state index contributed by atoms with van der Waals surface area (Å²) in [6, 6.07) is 0. The number of halogens is 26. The first-order chi connectivity index (χ1) is 20.4. The van der Waals surface area contributed by atoms with Gasteiger partial charge in [0.2, 0.25) is 0 Å². The molecule has 2 atom stereocenters. The number of alkyl halides is 26. The molecular formula is C19H15F26NO2. The van der Waals surface area contributed by atoms with Gasteiger partial charge in [0.05, 0.1) is 12.2 Å². The lowest BCUT2D eigenvalue weighted by molar-refractivity contribution is -0.440. The van der Waals surface area contributed by atoms with Crippen molar-refractivity contribution in [1.29, 1.82) is 0 Å². The quantitative estimate of drug-likeness (QED) is 0.157. The highest BCUT2D eigenvalue weighted by atomic mass is 19.4. The second kappa shape index (κ2) is 12.7. The minimum Gasteiger partial charge on any atom is -0.392 e. The Bertz CT molecular complexity index is 1010. The van der Waals surface area contributed by atoms with E-state index < -0.39 is 110 Å². The Hall–Kier alpha value is -1.94. The Kier molecular flexibility index (Phi) is 12.2. The van der Waals surface area contributed by atoms with E-state index in [1.165, 1.54) is 0 Å². The molecule has 0 aromatic carbocycles. The largest absolute Gasteiger partial charge is 0.460 e. The maximum absolute atomic E-state index is 13.8. The third kappa shape index (κ3) is 7.26. The first-order valence-electron chi connectivity index (χ1n) is 11.3. The van der Waals surface area contributed by atoms with E-state index in [9.17, 15) is 124 Å². The van der Waals surface area contributed by atoms with Crippen molar-refractivity contribution in [1.82, 2.24) is 4.90 Å². The topological polar surface area (TPSA) is 43.7 Å². The summed E-state index contributed by atoms with van der Waals surface area (Å²) in [6.45, 7) is -3.89.